The van der Waals surface area contributed by atoms with Gasteiger partial charge in [-0.2, -0.15) is 0 Å². The lowest BCUT2D eigenvalue weighted by Gasteiger charge is -2.28. The molecule has 0 aliphatic carbocycles. The van der Waals surface area contributed by atoms with Crippen LogP contribution in [-0.4, -0.2) is 24.1 Å². The summed E-state index contributed by atoms with van der Waals surface area (Å²) >= 11 is 0. The topological polar surface area (TPSA) is 66.9 Å². The Morgan fingerprint density at radius 2 is 2.03 bits per heavy atom. The number of anilines is 1. The number of aromatic hydroxyl groups is 1. The zero-order chi connectivity index (χ0) is 21.4. The van der Waals surface area contributed by atoms with Crippen LogP contribution in [0.25, 0.3) is 11.0 Å². The lowest BCUT2D eigenvalue weighted by atomic mass is 9.98. The highest BCUT2D eigenvalue weighted by atomic mass is 16.3. The van der Waals surface area contributed by atoms with Crippen molar-refractivity contribution in [1.82, 2.24) is 0 Å². The van der Waals surface area contributed by atoms with Crippen molar-refractivity contribution in [3.63, 3.8) is 0 Å². The van der Waals surface area contributed by atoms with Gasteiger partial charge in [-0.25, -0.2) is 0 Å². The summed E-state index contributed by atoms with van der Waals surface area (Å²) in [5.41, 5.74) is 4.93. The molecule has 0 bridgehead atoms. The number of quaternary nitrogens is 1. The average molecular weight is 408 g/mol. The van der Waals surface area contributed by atoms with Gasteiger partial charge in [-0.1, -0.05) is 24.6 Å². The number of aryl methyl sites for hydroxylation is 3. The van der Waals surface area contributed by atoms with Gasteiger partial charge in [0, 0.05) is 17.0 Å². The van der Waals surface area contributed by atoms with Gasteiger partial charge < -0.3 is 19.7 Å². The molecule has 1 aliphatic rings. The molecule has 5 nitrogen and oxygen atoms in total. The summed E-state index contributed by atoms with van der Waals surface area (Å²) in [6, 6.07) is 9.40. The van der Waals surface area contributed by atoms with E-state index in [4.69, 9.17) is 4.42 Å². The number of phenolic OH excluding ortho intramolecular Hbond substituents is 1. The zero-order valence-electron chi connectivity index (χ0n) is 18.3. The number of phenols is 1. The molecule has 1 aromatic heterocycles. The minimum Gasteiger partial charge on any atom is -0.507 e. The minimum atomic E-state index is -0.202. The van der Waals surface area contributed by atoms with Crippen molar-refractivity contribution in [2.75, 3.05) is 18.4 Å². The summed E-state index contributed by atoms with van der Waals surface area (Å²) in [7, 11) is 0. The molecule has 1 fully saturated rings. The normalized spacial score (nSPS) is 19.2. The van der Waals surface area contributed by atoms with Gasteiger partial charge in [0.15, 0.2) is 0 Å². The van der Waals surface area contributed by atoms with Crippen LogP contribution < -0.4 is 10.2 Å². The molecule has 30 heavy (non-hydrogen) atoms. The minimum absolute atomic E-state index is 0.202. The van der Waals surface area contributed by atoms with Gasteiger partial charge in [-0.05, 0) is 57.4 Å². The lowest BCUT2D eigenvalue weighted by molar-refractivity contribution is -0.922. The van der Waals surface area contributed by atoms with E-state index in [0.29, 0.717) is 29.4 Å². The van der Waals surface area contributed by atoms with Gasteiger partial charge in [0.1, 0.15) is 23.6 Å². The quantitative estimate of drug-likeness (QED) is 0.609. The van der Waals surface area contributed by atoms with E-state index >= 15 is 0 Å². The first-order chi connectivity index (χ1) is 14.3. The fraction of sp³-hybridized carbons (Fsp3) is 0.400. The SMILES string of the molecule is Cc1ccc(NC(=O)c2c(C)oc3ccc(O)c(C[NH+]4CCC[C@@H](C)C4)c23)c(C)c1. The van der Waals surface area contributed by atoms with E-state index in [1.807, 2.05) is 39.0 Å². The number of rotatable bonds is 4. The monoisotopic (exact) mass is 407 g/mol. The Morgan fingerprint density at radius 3 is 2.77 bits per heavy atom. The van der Waals surface area contributed by atoms with Crippen molar-refractivity contribution in [1.29, 1.82) is 0 Å². The molecule has 2 aromatic carbocycles. The first kappa shape index (κ1) is 20.5. The number of benzene rings is 2. The number of fused-ring (bicyclic) bond motifs is 1. The molecule has 0 radical (unpaired) electrons. The van der Waals surface area contributed by atoms with Crippen LogP contribution in [0.5, 0.6) is 5.75 Å². The van der Waals surface area contributed by atoms with Crippen LogP contribution in [0.15, 0.2) is 34.7 Å². The Labute approximate surface area is 177 Å². The summed E-state index contributed by atoms with van der Waals surface area (Å²) < 4.78 is 5.93. The molecule has 1 saturated heterocycles. The van der Waals surface area contributed by atoms with E-state index in [2.05, 4.69) is 12.2 Å². The van der Waals surface area contributed by atoms with Gasteiger partial charge in [0.05, 0.1) is 24.2 Å². The molecule has 4 rings (SSSR count). The Hall–Kier alpha value is -2.79. The third kappa shape index (κ3) is 3.94. The molecule has 1 unspecified atom stereocenters. The molecular weight excluding hydrogens is 376 g/mol. The molecule has 2 atom stereocenters. The molecule has 5 heteroatoms. The van der Waals surface area contributed by atoms with Crippen LogP contribution in [-0.2, 0) is 6.54 Å². The smallest absolute Gasteiger partial charge is 0.259 e. The highest BCUT2D eigenvalue weighted by Gasteiger charge is 2.27. The highest BCUT2D eigenvalue weighted by molar-refractivity contribution is 6.14. The van der Waals surface area contributed by atoms with Crippen LogP contribution in [0.2, 0.25) is 0 Å². The summed E-state index contributed by atoms with van der Waals surface area (Å²) in [6.07, 6.45) is 2.45. The van der Waals surface area contributed by atoms with Gasteiger partial charge in [0.25, 0.3) is 5.91 Å². The molecule has 158 valence electrons. The maximum atomic E-state index is 13.3. The Bertz CT molecular complexity index is 1100. The summed E-state index contributed by atoms with van der Waals surface area (Å²) in [6.45, 7) is 11.0. The number of piperidine rings is 1. The lowest BCUT2D eigenvalue weighted by Crippen LogP contribution is -3.12. The van der Waals surface area contributed by atoms with Crippen molar-refractivity contribution in [2.24, 2.45) is 5.92 Å². The summed E-state index contributed by atoms with van der Waals surface area (Å²) in [5, 5.41) is 14.5. The standard InChI is InChI=1S/C25H30N2O3/c1-15-7-8-20(17(3)12-15)26-25(29)23-18(4)30-22-10-9-21(28)19(24(22)23)14-27-11-5-6-16(2)13-27/h7-10,12,16,28H,5-6,11,13-14H2,1-4H3,(H,26,29)/p+1/t16-/m1/s1. The molecule has 1 amide bonds. The van der Waals surface area contributed by atoms with Crippen molar-refractivity contribution in [3.8, 4) is 5.75 Å². The summed E-state index contributed by atoms with van der Waals surface area (Å²) in [5.74, 6) is 1.27. The van der Waals surface area contributed by atoms with E-state index in [0.717, 1.165) is 40.9 Å². The van der Waals surface area contributed by atoms with Gasteiger partial charge in [-0.15, -0.1) is 0 Å². The Morgan fingerprint density at radius 1 is 1.23 bits per heavy atom. The maximum Gasteiger partial charge on any atom is 0.259 e. The van der Waals surface area contributed by atoms with Crippen LogP contribution >= 0.6 is 0 Å². The Balaban J connectivity index is 1.73. The molecule has 1 aliphatic heterocycles. The molecule has 0 spiro atoms. The fourth-order valence-corrected chi connectivity index (χ4v) is 4.77. The highest BCUT2D eigenvalue weighted by Crippen LogP contribution is 2.34. The van der Waals surface area contributed by atoms with Crippen molar-refractivity contribution >= 4 is 22.6 Å². The van der Waals surface area contributed by atoms with Gasteiger partial charge in [-0.3, -0.25) is 4.79 Å². The Kier molecular flexibility index (Phi) is 5.56. The zero-order valence-corrected chi connectivity index (χ0v) is 18.3. The third-order valence-corrected chi connectivity index (χ3v) is 6.26. The predicted molar refractivity (Wildman–Crippen MR) is 119 cm³/mol. The van der Waals surface area contributed by atoms with Gasteiger partial charge >= 0.3 is 0 Å². The number of nitrogens with one attached hydrogen (secondary N) is 2. The van der Waals surface area contributed by atoms with E-state index < -0.39 is 0 Å². The van der Waals surface area contributed by atoms with E-state index in [1.165, 1.54) is 17.7 Å². The van der Waals surface area contributed by atoms with Crippen molar-refractivity contribution in [3.05, 3.63) is 58.3 Å². The fourth-order valence-electron chi connectivity index (χ4n) is 4.77. The second-order valence-electron chi connectivity index (χ2n) is 8.87. The van der Waals surface area contributed by atoms with Gasteiger partial charge in [0.2, 0.25) is 0 Å². The molecule has 0 saturated carbocycles. The molecule has 3 aromatic rings. The molecule has 2 heterocycles. The first-order valence-electron chi connectivity index (χ1n) is 10.8. The molecular formula is C25H31N2O3+. The maximum absolute atomic E-state index is 13.3. The van der Waals surface area contributed by atoms with Crippen LogP contribution in [0, 0.1) is 26.7 Å². The number of hydrogen-bond acceptors (Lipinski definition) is 3. The summed E-state index contributed by atoms with van der Waals surface area (Å²) in [4.78, 5) is 14.7. The predicted octanol–water partition coefficient (Wildman–Crippen LogP) is 4.13. The first-order valence-corrected chi connectivity index (χ1v) is 10.8. The van der Waals surface area contributed by atoms with E-state index in [9.17, 15) is 9.90 Å². The third-order valence-electron chi connectivity index (χ3n) is 6.26. The molecule has 3 N–H and O–H groups in total. The van der Waals surface area contributed by atoms with Crippen LogP contribution in [0.4, 0.5) is 5.69 Å². The van der Waals surface area contributed by atoms with E-state index in [1.54, 1.807) is 12.1 Å². The number of carbonyl (C=O) groups is 1. The largest absolute Gasteiger partial charge is 0.507 e. The van der Waals surface area contributed by atoms with Crippen molar-refractivity contribution in [2.45, 2.75) is 47.1 Å². The van der Waals surface area contributed by atoms with E-state index in [-0.39, 0.29) is 11.7 Å². The van der Waals surface area contributed by atoms with Crippen molar-refractivity contribution < 1.29 is 19.2 Å². The number of amides is 1. The number of hydrogen-bond donors (Lipinski definition) is 3. The average Bonchev–Trinajstić information content (AvgIpc) is 3.03. The van der Waals surface area contributed by atoms with Crippen LogP contribution in [0.1, 0.15) is 52.6 Å². The second kappa shape index (κ2) is 8.15. The number of likely N-dealkylation sites (tertiary alicyclic amines) is 1. The second-order valence-corrected chi connectivity index (χ2v) is 8.87. The van der Waals surface area contributed by atoms with Crippen LogP contribution in [0.3, 0.4) is 0 Å². The number of furan rings is 1. The number of carbonyl (C=O) groups excluding carboxylic acids is 1.